The lowest BCUT2D eigenvalue weighted by molar-refractivity contribution is 0.0760. The Balaban J connectivity index is 2.91. The highest BCUT2D eigenvalue weighted by Gasteiger charge is 2.31. The van der Waals surface area contributed by atoms with Crippen molar-refractivity contribution >= 4 is 17.1 Å². The van der Waals surface area contributed by atoms with Crippen LogP contribution < -0.4 is 0 Å². The topological polar surface area (TPSA) is 20.3 Å². The minimum absolute atomic E-state index is 0.188. The monoisotopic (exact) mass is 197 g/mol. The first kappa shape index (κ1) is 10.4. The van der Waals surface area contributed by atoms with E-state index in [9.17, 15) is 4.79 Å². The van der Waals surface area contributed by atoms with Gasteiger partial charge in [-0.1, -0.05) is 6.07 Å². The Bertz CT molecular complexity index is 288. The summed E-state index contributed by atoms with van der Waals surface area (Å²) < 4.78 is 0. The lowest BCUT2D eigenvalue weighted by Crippen LogP contribution is -2.45. The van der Waals surface area contributed by atoms with E-state index >= 15 is 0 Å². The van der Waals surface area contributed by atoms with Crippen LogP contribution in [0.5, 0.6) is 0 Å². The third-order valence-corrected chi connectivity index (χ3v) is 3.29. The van der Waals surface area contributed by atoms with Crippen molar-refractivity contribution in [2.24, 2.45) is 0 Å². The zero-order valence-corrected chi connectivity index (χ0v) is 9.31. The third-order valence-electron chi connectivity index (χ3n) is 2.42. The molecule has 1 rings (SSSR count). The molecule has 3 heteroatoms. The molecule has 2 nitrogen and oxygen atoms in total. The van der Waals surface area contributed by atoms with Crippen LogP contribution in [0.3, 0.4) is 0 Å². The number of hydrogen-bond acceptors (Lipinski definition) is 3. The van der Waals surface area contributed by atoms with Crippen LogP contribution >= 0.6 is 11.3 Å². The van der Waals surface area contributed by atoms with Crippen molar-refractivity contribution < 1.29 is 4.79 Å². The maximum absolute atomic E-state index is 11.9. The number of thiophene rings is 1. The summed E-state index contributed by atoms with van der Waals surface area (Å²) in [4.78, 5) is 14.7. The minimum atomic E-state index is -0.412. The number of nitrogens with zero attached hydrogens (tertiary/aromatic N) is 1. The van der Waals surface area contributed by atoms with Gasteiger partial charge in [-0.15, -0.1) is 11.3 Å². The van der Waals surface area contributed by atoms with E-state index < -0.39 is 5.54 Å². The van der Waals surface area contributed by atoms with Gasteiger partial charge in [-0.25, -0.2) is 0 Å². The van der Waals surface area contributed by atoms with E-state index in [1.54, 1.807) is 0 Å². The van der Waals surface area contributed by atoms with Crippen molar-refractivity contribution in [2.75, 3.05) is 14.1 Å². The molecule has 0 unspecified atom stereocenters. The average molecular weight is 197 g/mol. The molecule has 0 aliphatic rings. The molecule has 0 saturated heterocycles. The highest BCUT2D eigenvalue weighted by molar-refractivity contribution is 7.12. The maximum Gasteiger partial charge on any atom is 0.192 e. The van der Waals surface area contributed by atoms with Crippen LogP contribution in [0, 0.1) is 0 Å². The first-order chi connectivity index (χ1) is 5.96. The third kappa shape index (κ3) is 1.98. The Morgan fingerprint density at radius 2 is 2.08 bits per heavy atom. The van der Waals surface area contributed by atoms with Gasteiger partial charge in [0.05, 0.1) is 10.4 Å². The SMILES string of the molecule is CN(C)C(C)(C)C(=O)c1cccs1. The zero-order chi connectivity index (χ0) is 10.1. The van der Waals surface area contributed by atoms with Crippen LogP contribution in [0.4, 0.5) is 0 Å². The standard InChI is InChI=1S/C10H15NOS/c1-10(2,11(3)4)9(12)8-6-5-7-13-8/h5-7H,1-4H3. The molecule has 72 valence electrons. The van der Waals surface area contributed by atoms with Gasteiger partial charge in [0.2, 0.25) is 0 Å². The molecule has 0 bridgehead atoms. The first-order valence-corrected chi connectivity index (χ1v) is 5.10. The summed E-state index contributed by atoms with van der Waals surface area (Å²) >= 11 is 1.50. The largest absolute Gasteiger partial charge is 0.297 e. The molecule has 0 aliphatic carbocycles. The van der Waals surface area contributed by atoms with Gasteiger partial charge in [0, 0.05) is 0 Å². The van der Waals surface area contributed by atoms with Crippen molar-refractivity contribution in [3.63, 3.8) is 0 Å². The molecule has 0 atom stereocenters. The molecule has 0 N–H and O–H groups in total. The van der Waals surface area contributed by atoms with Crippen molar-refractivity contribution in [2.45, 2.75) is 19.4 Å². The highest BCUT2D eigenvalue weighted by Crippen LogP contribution is 2.20. The number of rotatable bonds is 3. The Hall–Kier alpha value is -0.670. The summed E-state index contributed by atoms with van der Waals surface area (Å²) in [5.74, 6) is 0.188. The molecular weight excluding hydrogens is 182 g/mol. The van der Waals surface area contributed by atoms with E-state index in [2.05, 4.69) is 0 Å². The van der Waals surface area contributed by atoms with Crippen molar-refractivity contribution in [3.8, 4) is 0 Å². The summed E-state index contributed by atoms with van der Waals surface area (Å²) in [6.07, 6.45) is 0. The van der Waals surface area contributed by atoms with Gasteiger partial charge in [-0.2, -0.15) is 0 Å². The molecule has 0 spiro atoms. The molecule has 0 aromatic carbocycles. The van der Waals surface area contributed by atoms with Gasteiger partial charge in [-0.3, -0.25) is 9.69 Å². The normalized spacial score (nSPS) is 12.1. The zero-order valence-electron chi connectivity index (χ0n) is 8.50. The molecule has 13 heavy (non-hydrogen) atoms. The number of carbonyl (C=O) groups is 1. The van der Waals surface area contributed by atoms with Gasteiger partial charge >= 0.3 is 0 Å². The summed E-state index contributed by atoms with van der Waals surface area (Å²) in [5.41, 5.74) is -0.412. The van der Waals surface area contributed by atoms with Gasteiger partial charge in [0.15, 0.2) is 5.78 Å². The minimum Gasteiger partial charge on any atom is -0.297 e. The fourth-order valence-electron chi connectivity index (χ4n) is 0.912. The number of likely N-dealkylation sites (N-methyl/N-ethyl adjacent to an activating group) is 1. The van der Waals surface area contributed by atoms with Crippen LogP contribution in [-0.2, 0) is 0 Å². The fourth-order valence-corrected chi connectivity index (χ4v) is 1.73. The van der Waals surface area contributed by atoms with Gasteiger partial charge in [-0.05, 0) is 39.4 Å². The van der Waals surface area contributed by atoms with Gasteiger partial charge < -0.3 is 0 Å². The first-order valence-electron chi connectivity index (χ1n) is 4.22. The number of ketones is 1. The summed E-state index contributed by atoms with van der Waals surface area (Å²) in [6, 6.07) is 3.78. The molecule has 1 heterocycles. The molecule has 0 amide bonds. The van der Waals surface area contributed by atoms with Crippen LogP contribution in [0.25, 0.3) is 0 Å². The van der Waals surface area contributed by atoms with Crippen LogP contribution in [0.15, 0.2) is 17.5 Å². The van der Waals surface area contributed by atoms with E-state index in [1.807, 2.05) is 50.4 Å². The van der Waals surface area contributed by atoms with Gasteiger partial charge in [0.1, 0.15) is 0 Å². The number of Topliss-reactive ketones (excluding diaryl/α,β-unsaturated/α-hetero) is 1. The van der Waals surface area contributed by atoms with E-state index in [0.717, 1.165) is 4.88 Å². The van der Waals surface area contributed by atoms with Crippen molar-refractivity contribution in [3.05, 3.63) is 22.4 Å². The summed E-state index contributed by atoms with van der Waals surface area (Å²) in [6.45, 7) is 3.88. The highest BCUT2D eigenvalue weighted by atomic mass is 32.1. The lowest BCUT2D eigenvalue weighted by atomic mass is 9.97. The van der Waals surface area contributed by atoms with Crippen LogP contribution in [0.1, 0.15) is 23.5 Å². The Morgan fingerprint density at radius 3 is 2.46 bits per heavy atom. The maximum atomic E-state index is 11.9. The van der Waals surface area contributed by atoms with Gasteiger partial charge in [0.25, 0.3) is 0 Å². The second-order valence-electron chi connectivity index (χ2n) is 3.76. The Kier molecular flexibility index (Phi) is 2.88. The van der Waals surface area contributed by atoms with Crippen molar-refractivity contribution in [1.82, 2.24) is 4.90 Å². The summed E-state index contributed by atoms with van der Waals surface area (Å²) in [5, 5.41) is 1.93. The molecule has 1 aromatic rings. The number of hydrogen-bond donors (Lipinski definition) is 0. The van der Waals surface area contributed by atoms with E-state index in [1.165, 1.54) is 11.3 Å². The lowest BCUT2D eigenvalue weighted by Gasteiger charge is -2.30. The van der Waals surface area contributed by atoms with E-state index in [-0.39, 0.29) is 5.78 Å². The van der Waals surface area contributed by atoms with E-state index in [4.69, 9.17) is 0 Å². The van der Waals surface area contributed by atoms with Crippen molar-refractivity contribution in [1.29, 1.82) is 0 Å². The second-order valence-corrected chi connectivity index (χ2v) is 4.71. The predicted molar refractivity (Wildman–Crippen MR) is 56.4 cm³/mol. The molecule has 1 aromatic heterocycles. The molecule has 0 aliphatic heterocycles. The molecule has 0 saturated carbocycles. The van der Waals surface area contributed by atoms with Crippen LogP contribution in [-0.4, -0.2) is 30.3 Å². The Labute approximate surface area is 83.2 Å². The smallest absolute Gasteiger partial charge is 0.192 e. The van der Waals surface area contributed by atoms with Crippen LogP contribution in [0.2, 0.25) is 0 Å². The Morgan fingerprint density at radius 1 is 1.46 bits per heavy atom. The fraction of sp³-hybridized carbons (Fsp3) is 0.500. The number of carbonyl (C=O) groups excluding carboxylic acids is 1. The average Bonchev–Trinajstić information content (AvgIpc) is 2.54. The molecule has 0 fully saturated rings. The summed E-state index contributed by atoms with van der Waals surface area (Å²) in [7, 11) is 3.84. The predicted octanol–water partition coefficient (Wildman–Crippen LogP) is 2.27. The molecular formula is C10H15NOS. The van der Waals surface area contributed by atoms with E-state index in [0.29, 0.717) is 0 Å². The second kappa shape index (κ2) is 3.60. The molecule has 0 radical (unpaired) electrons. The quantitative estimate of drug-likeness (QED) is 0.693.